The molecule has 0 amide bonds. The predicted molar refractivity (Wildman–Crippen MR) is 121 cm³/mol. The number of hydrogen-bond acceptors (Lipinski definition) is 3. The van der Waals surface area contributed by atoms with Crippen molar-refractivity contribution < 1.29 is 4.74 Å². The summed E-state index contributed by atoms with van der Waals surface area (Å²) in [6, 6.07) is 9.54. The second-order valence-electron chi connectivity index (χ2n) is 8.72. The van der Waals surface area contributed by atoms with Crippen molar-refractivity contribution in [2.45, 2.75) is 64.5 Å². The molecule has 3 unspecified atom stereocenters. The number of hydrogen-bond donors (Lipinski definition) is 2. The second kappa shape index (κ2) is 11.6. The number of piperidine rings is 1. The summed E-state index contributed by atoms with van der Waals surface area (Å²) < 4.78 is 6.15. The standard InChI is InChI=1S/C24H40N4O/c1-19-10-12-21(13-11-19)23-22(9-6-17-29-23)18-27-24(25-3)26-14-7-16-28-15-5-4-8-20(28)2/h10-13,20,22-23H,4-9,14-18H2,1-3H3,(H2,25,26,27). The zero-order chi connectivity index (χ0) is 20.5. The van der Waals surface area contributed by atoms with Crippen LogP contribution in [0.15, 0.2) is 29.3 Å². The van der Waals surface area contributed by atoms with Crippen LogP contribution < -0.4 is 10.6 Å². The molecule has 1 aromatic carbocycles. The largest absolute Gasteiger partial charge is 0.373 e. The Morgan fingerprint density at radius 3 is 2.72 bits per heavy atom. The van der Waals surface area contributed by atoms with Crippen LogP contribution in [-0.4, -0.2) is 56.7 Å². The molecule has 0 aliphatic carbocycles. The third kappa shape index (κ3) is 6.71. The molecule has 1 aromatic rings. The minimum absolute atomic E-state index is 0.176. The van der Waals surface area contributed by atoms with E-state index in [2.05, 4.69) is 58.6 Å². The maximum Gasteiger partial charge on any atom is 0.190 e. The smallest absolute Gasteiger partial charge is 0.190 e. The van der Waals surface area contributed by atoms with Gasteiger partial charge in [-0.3, -0.25) is 4.99 Å². The van der Waals surface area contributed by atoms with Gasteiger partial charge in [0, 0.05) is 45.2 Å². The van der Waals surface area contributed by atoms with E-state index in [4.69, 9.17) is 4.74 Å². The third-order valence-electron chi connectivity index (χ3n) is 6.46. The van der Waals surface area contributed by atoms with Crippen LogP contribution in [0.2, 0.25) is 0 Å². The van der Waals surface area contributed by atoms with Gasteiger partial charge >= 0.3 is 0 Å². The minimum atomic E-state index is 0.176. The zero-order valence-electron chi connectivity index (χ0n) is 18.6. The van der Waals surface area contributed by atoms with Crippen molar-refractivity contribution in [3.05, 3.63) is 35.4 Å². The summed E-state index contributed by atoms with van der Waals surface area (Å²) >= 11 is 0. The maximum atomic E-state index is 6.15. The molecule has 0 bridgehead atoms. The highest BCUT2D eigenvalue weighted by Crippen LogP contribution is 2.33. The molecule has 2 saturated heterocycles. The highest BCUT2D eigenvalue weighted by molar-refractivity contribution is 5.79. The van der Waals surface area contributed by atoms with Crippen LogP contribution in [0.4, 0.5) is 0 Å². The summed E-state index contributed by atoms with van der Waals surface area (Å²) in [6.07, 6.45) is 7.75. The summed E-state index contributed by atoms with van der Waals surface area (Å²) in [5.41, 5.74) is 2.59. The van der Waals surface area contributed by atoms with Gasteiger partial charge in [-0.25, -0.2) is 0 Å². The van der Waals surface area contributed by atoms with E-state index in [0.29, 0.717) is 5.92 Å². The van der Waals surface area contributed by atoms with E-state index in [1.807, 2.05) is 7.05 Å². The Labute approximate surface area is 177 Å². The Kier molecular flexibility index (Phi) is 8.81. The van der Waals surface area contributed by atoms with Crippen molar-refractivity contribution in [3.63, 3.8) is 0 Å². The van der Waals surface area contributed by atoms with Crippen molar-refractivity contribution in [1.82, 2.24) is 15.5 Å². The van der Waals surface area contributed by atoms with Crippen LogP contribution in [0, 0.1) is 12.8 Å². The van der Waals surface area contributed by atoms with Crippen LogP contribution in [-0.2, 0) is 4.74 Å². The van der Waals surface area contributed by atoms with Gasteiger partial charge in [-0.05, 0) is 58.1 Å². The van der Waals surface area contributed by atoms with Gasteiger partial charge in [0.15, 0.2) is 5.96 Å². The lowest BCUT2D eigenvalue weighted by atomic mass is 9.89. The van der Waals surface area contributed by atoms with Gasteiger partial charge in [0.05, 0.1) is 6.10 Å². The van der Waals surface area contributed by atoms with Crippen molar-refractivity contribution in [2.75, 3.05) is 39.8 Å². The first-order chi connectivity index (χ1) is 14.2. The number of nitrogens with zero attached hydrogens (tertiary/aromatic N) is 2. The van der Waals surface area contributed by atoms with Crippen LogP contribution >= 0.6 is 0 Å². The van der Waals surface area contributed by atoms with Gasteiger partial charge < -0.3 is 20.3 Å². The molecule has 3 atom stereocenters. The first kappa shape index (κ1) is 22.1. The molecule has 0 saturated carbocycles. The zero-order valence-corrected chi connectivity index (χ0v) is 18.6. The average Bonchev–Trinajstić information content (AvgIpc) is 2.75. The molecule has 29 heavy (non-hydrogen) atoms. The molecule has 0 aromatic heterocycles. The second-order valence-corrected chi connectivity index (χ2v) is 8.72. The number of ether oxygens (including phenoxy) is 1. The van der Waals surface area contributed by atoms with E-state index in [1.165, 1.54) is 49.9 Å². The van der Waals surface area contributed by atoms with Crippen LogP contribution in [0.5, 0.6) is 0 Å². The van der Waals surface area contributed by atoms with Crippen molar-refractivity contribution in [2.24, 2.45) is 10.9 Å². The molecule has 2 heterocycles. The van der Waals surface area contributed by atoms with Crippen molar-refractivity contribution >= 4 is 5.96 Å². The summed E-state index contributed by atoms with van der Waals surface area (Å²) in [5, 5.41) is 7.04. The van der Waals surface area contributed by atoms with E-state index < -0.39 is 0 Å². The highest BCUT2D eigenvalue weighted by Gasteiger charge is 2.27. The molecule has 2 fully saturated rings. The molecule has 0 radical (unpaired) electrons. The van der Waals surface area contributed by atoms with Gasteiger partial charge in [0.25, 0.3) is 0 Å². The molecule has 2 aliphatic rings. The van der Waals surface area contributed by atoms with Crippen molar-refractivity contribution in [1.29, 1.82) is 0 Å². The Balaban J connectivity index is 1.42. The highest BCUT2D eigenvalue weighted by atomic mass is 16.5. The summed E-state index contributed by atoms with van der Waals surface area (Å²) in [6.45, 7) is 9.65. The Hall–Kier alpha value is -1.59. The van der Waals surface area contributed by atoms with Crippen molar-refractivity contribution in [3.8, 4) is 0 Å². The number of rotatable bonds is 7. The molecule has 162 valence electrons. The molecule has 5 nitrogen and oxygen atoms in total. The maximum absolute atomic E-state index is 6.15. The van der Waals surface area contributed by atoms with Gasteiger partial charge in [-0.2, -0.15) is 0 Å². The molecular formula is C24H40N4O. The Morgan fingerprint density at radius 1 is 1.14 bits per heavy atom. The topological polar surface area (TPSA) is 48.9 Å². The monoisotopic (exact) mass is 400 g/mol. The van der Waals surface area contributed by atoms with Gasteiger partial charge in [0.2, 0.25) is 0 Å². The van der Waals surface area contributed by atoms with E-state index >= 15 is 0 Å². The number of likely N-dealkylation sites (tertiary alicyclic amines) is 1. The quantitative estimate of drug-likeness (QED) is 0.414. The lowest BCUT2D eigenvalue weighted by molar-refractivity contribution is -0.0265. The molecule has 3 rings (SSSR count). The number of guanidine groups is 1. The predicted octanol–water partition coefficient (Wildman–Crippen LogP) is 3.89. The SMILES string of the molecule is CN=C(NCCCN1CCCCC1C)NCC1CCCOC1c1ccc(C)cc1. The number of aliphatic imine (C=N–C) groups is 1. The van der Waals surface area contributed by atoms with E-state index in [-0.39, 0.29) is 6.10 Å². The van der Waals surface area contributed by atoms with Crippen LogP contribution in [0.25, 0.3) is 0 Å². The van der Waals surface area contributed by atoms with Gasteiger partial charge in [-0.1, -0.05) is 36.2 Å². The number of benzene rings is 1. The molecule has 2 N–H and O–H groups in total. The van der Waals surface area contributed by atoms with E-state index in [1.54, 1.807) is 0 Å². The summed E-state index contributed by atoms with van der Waals surface area (Å²) in [4.78, 5) is 7.05. The first-order valence-electron chi connectivity index (χ1n) is 11.5. The number of aryl methyl sites for hydroxylation is 1. The molecule has 0 spiro atoms. The van der Waals surface area contributed by atoms with E-state index in [0.717, 1.165) is 44.5 Å². The fourth-order valence-electron chi connectivity index (χ4n) is 4.60. The summed E-state index contributed by atoms with van der Waals surface area (Å²) in [7, 11) is 1.86. The average molecular weight is 401 g/mol. The molecule has 2 aliphatic heterocycles. The Morgan fingerprint density at radius 2 is 1.97 bits per heavy atom. The fraction of sp³-hybridized carbons (Fsp3) is 0.708. The van der Waals surface area contributed by atoms with Gasteiger partial charge in [0.1, 0.15) is 0 Å². The van der Waals surface area contributed by atoms with Crippen LogP contribution in [0.3, 0.4) is 0 Å². The third-order valence-corrected chi connectivity index (χ3v) is 6.46. The normalized spacial score (nSPS) is 26.3. The minimum Gasteiger partial charge on any atom is -0.373 e. The lowest BCUT2D eigenvalue weighted by Gasteiger charge is -2.33. The first-order valence-corrected chi connectivity index (χ1v) is 11.5. The summed E-state index contributed by atoms with van der Waals surface area (Å²) in [5.74, 6) is 1.38. The molecular weight excluding hydrogens is 360 g/mol. The van der Waals surface area contributed by atoms with Crippen LogP contribution in [0.1, 0.15) is 62.7 Å². The van der Waals surface area contributed by atoms with Gasteiger partial charge in [-0.15, -0.1) is 0 Å². The fourth-order valence-corrected chi connectivity index (χ4v) is 4.60. The molecule has 5 heteroatoms. The Bertz CT molecular complexity index is 630. The number of nitrogens with one attached hydrogen (secondary N) is 2. The lowest BCUT2D eigenvalue weighted by Crippen LogP contribution is -2.43. The van der Waals surface area contributed by atoms with E-state index in [9.17, 15) is 0 Å².